The van der Waals surface area contributed by atoms with Crippen LogP contribution in [0.4, 0.5) is 10.1 Å². The molecule has 1 fully saturated rings. The standard InChI is InChI=1S/C19H26FN3O6/c1-14(24)18-15(20)7-8-16(19(18)23(26)27)29-11-5-3-2-4-6-17(25)21-22-9-12-28-13-10-22/h7-8H,2-6,9-13H2,1H3,(H,21,25). The third-order valence-electron chi connectivity index (χ3n) is 4.47. The number of nitrogens with zero attached hydrogens (tertiary/aromatic N) is 2. The Kier molecular flexibility index (Phi) is 8.94. The summed E-state index contributed by atoms with van der Waals surface area (Å²) in [5.41, 5.74) is 1.63. The van der Waals surface area contributed by atoms with Gasteiger partial charge in [0, 0.05) is 19.5 Å². The minimum atomic E-state index is -0.938. The van der Waals surface area contributed by atoms with Gasteiger partial charge in [0.1, 0.15) is 11.4 Å². The maximum absolute atomic E-state index is 13.8. The van der Waals surface area contributed by atoms with E-state index in [1.54, 1.807) is 0 Å². The third kappa shape index (κ3) is 7.06. The van der Waals surface area contributed by atoms with Crippen molar-refractivity contribution in [2.24, 2.45) is 0 Å². The number of benzene rings is 1. The van der Waals surface area contributed by atoms with Crippen LogP contribution >= 0.6 is 0 Å². The molecule has 160 valence electrons. The summed E-state index contributed by atoms with van der Waals surface area (Å²) in [6.07, 6.45) is 3.35. The molecule has 1 amide bonds. The third-order valence-corrected chi connectivity index (χ3v) is 4.47. The number of hydrogen-bond acceptors (Lipinski definition) is 7. The molecule has 0 radical (unpaired) electrons. The van der Waals surface area contributed by atoms with Gasteiger partial charge < -0.3 is 9.47 Å². The monoisotopic (exact) mass is 411 g/mol. The molecule has 9 nitrogen and oxygen atoms in total. The highest BCUT2D eigenvalue weighted by atomic mass is 19.1. The van der Waals surface area contributed by atoms with Gasteiger partial charge in [0.2, 0.25) is 5.91 Å². The number of hydrazine groups is 1. The molecule has 29 heavy (non-hydrogen) atoms. The van der Waals surface area contributed by atoms with E-state index in [0.29, 0.717) is 39.1 Å². The fraction of sp³-hybridized carbons (Fsp3) is 0.579. The number of carbonyl (C=O) groups is 2. The molecule has 1 saturated heterocycles. The fourth-order valence-electron chi connectivity index (χ4n) is 3.01. The number of unbranched alkanes of at least 4 members (excludes halogenated alkanes) is 3. The van der Waals surface area contributed by atoms with Gasteiger partial charge >= 0.3 is 5.69 Å². The van der Waals surface area contributed by atoms with Gasteiger partial charge in [-0.2, -0.15) is 0 Å². The van der Waals surface area contributed by atoms with Gasteiger partial charge in [-0.3, -0.25) is 25.1 Å². The number of ether oxygens (including phenoxy) is 2. The van der Waals surface area contributed by atoms with E-state index in [9.17, 15) is 24.1 Å². The first-order chi connectivity index (χ1) is 13.9. The Morgan fingerprint density at radius 2 is 1.93 bits per heavy atom. The number of hydrogen-bond donors (Lipinski definition) is 1. The molecule has 0 saturated carbocycles. The first-order valence-corrected chi connectivity index (χ1v) is 9.63. The van der Waals surface area contributed by atoms with Crippen molar-refractivity contribution in [3.63, 3.8) is 0 Å². The van der Waals surface area contributed by atoms with Gasteiger partial charge in [0.25, 0.3) is 0 Å². The first-order valence-electron chi connectivity index (χ1n) is 9.63. The van der Waals surface area contributed by atoms with Gasteiger partial charge in [-0.25, -0.2) is 9.40 Å². The number of Topliss-reactive ketones (excluding diaryl/α,β-unsaturated/α-hetero) is 1. The highest BCUT2D eigenvalue weighted by Crippen LogP contribution is 2.33. The Balaban J connectivity index is 1.69. The predicted octanol–water partition coefficient (Wildman–Crippen LogP) is 2.63. The molecule has 2 rings (SSSR count). The molecule has 0 aromatic heterocycles. The Morgan fingerprint density at radius 1 is 1.24 bits per heavy atom. The van der Waals surface area contributed by atoms with Crippen LogP contribution in [0, 0.1) is 15.9 Å². The maximum atomic E-state index is 13.8. The molecule has 1 aromatic carbocycles. The highest BCUT2D eigenvalue weighted by Gasteiger charge is 2.27. The van der Waals surface area contributed by atoms with Crippen molar-refractivity contribution in [2.45, 2.75) is 39.0 Å². The number of carbonyl (C=O) groups excluding carboxylic acids is 2. The minimum absolute atomic E-state index is 0.0261. The van der Waals surface area contributed by atoms with Crippen molar-refractivity contribution < 1.29 is 28.4 Å². The molecule has 10 heteroatoms. The Bertz CT molecular complexity index is 737. The zero-order valence-electron chi connectivity index (χ0n) is 16.4. The van der Waals surface area contributed by atoms with Crippen molar-refractivity contribution in [1.82, 2.24) is 10.4 Å². The summed E-state index contributed by atoms with van der Waals surface area (Å²) in [4.78, 5) is 33.8. The van der Waals surface area contributed by atoms with E-state index in [4.69, 9.17) is 9.47 Å². The van der Waals surface area contributed by atoms with Crippen molar-refractivity contribution >= 4 is 17.4 Å². The van der Waals surface area contributed by atoms with Crippen molar-refractivity contribution in [3.8, 4) is 5.75 Å². The molecular formula is C19H26FN3O6. The topological polar surface area (TPSA) is 111 Å². The van der Waals surface area contributed by atoms with Gasteiger partial charge in [-0.05, 0) is 31.9 Å². The summed E-state index contributed by atoms with van der Waals surface area (Å²) >= 11 is 0. The molecule has 1 aliphatic rings. The Hall–Kier alpha value is -2.59. The zero-order valence-corrected chi connectivity index (χ0v) is 16.4. The molecule has 0 spiro atoms. The normalized spacial score (nSPS) is 14.4. The lowest BCUT2D eigenvalue weighted by Crippen LogP contribution is -2.48. The predicted molar refractivity (Wildman–Crippen MR) is 102 cm³/mol. The van der Waals surface area contributed by atoms with E-state index < -0.39 is 27.8 Å². The highest BCUT2D eigenvalue weighted by molar-refractivity contribution is 5.99. The molecule has 1 N–H and O–H groups in total. The van der Waals surface area contributed by atoms with Crippen LogP contribution in [0.3, 0.4) is 0 Å². The quantitative estimate of drug-likeness (QED) is 0.258. The van der Waals surface area contributed by atoms with E-state index in [1.807, 2.05) is 5.01 Å². The smallest absolute Gasteiger partial charge is 0.324 e. The fourth-order valence-corrected chi connectivity index (χ4v) is 3.01. The average Bonchev–Trinajstić information content (AvgIpc) is 2.68. The lowest BCUT2D eigenvalue weighted by molar-refractivity contribution is -0.386. The second-order valence-corrected chi connectivity index (χ2v) is 6.73. The van der Waals surface area contributed by atoms with Gasteiger partial charge in [-0.15, -0.1) is 0 Å². The Morgan fingerprint density at radius 3 is 2.59 bits per heavy atom. The van der Waals surface area contributed by atoms with E-state index in [0.717, 1.165) is 38.3 Å². The number of rotatable bonds is 11. The van der Waals surface area contributed by atoms with Crippen LogP contribution in [0.15, 0.2) is 12.1 Å². The number of nitro groups is 1. The Labute approximate surface area is 168 Å². The number of halogens is 1. The zero-order chi connectivity index (χ0) is 21.2. The van der Waals surface area contributed by atoms with Crippen LogP contribution in [0.2, 0.25) is 0 Å². The van der Waals surface area contributed by atoms with Gasteiger partial charge in [-0.1, -0.05) is 12.8 Å². The molecular weight excluding hydrogens is 385 g/mol. The second-order valence-electron chi connectivity index (χ2n) is 6.73. The van der Waals surface area contributed by atoms with E-state index in [2.05, 4.69) is 5.43 Å². The number of ketones is 1. The van der Waals surface area contributed by atoms with E-state index >= 15 is 0 Å². The molecule has 0 atom stereocenters. The molecule has 1 aliphatic heterocycles. The largest absolute Gasteiger partial charge is 0.487 e. The SMILES string of the molecule is CC(=O)c1c(F)ccc(OCCCCCCC(=O)NN2CCOCC2)c1[N+](=O)[O-]. The number of nitrogens with one attached hydrogen (secondary N) is 1. The summed E-state index contributed by atoms with van der Waals surface area (Å²) in [5.74, 6) is -1.81. The molecule has 1 aromatic rings. The molecule has 0 unspecified atom stereocenters. The summed E-state index contributed by atoms with van der Waals surface area (Å²) < 4.78 is 24.4. The summed E-state index contributed by atoms with van der Waals surface area (Å²) in [6.45, 7) is 3.86. The summed E-state index contributed by atoms with van der Waals surface area (Å²) in [5, 5.41) is 13.1. The van der Waals surface area contributed by atoms with Crippen LogP contribution in [-0.2, 0) is 9.53 Å². The molecule has 0 bridgehead atoms. The maximum Gasteiger partial charge on any atom is 0.324 e. The van der Waals surface area contributed by atoms with Crippen molar-refractivity contribution in [2.75, 3.05) is 32.9 Å². The van der Waals surface area contributed by atoms with Crippen molar-refractivity contribution in [1.29, 1.82) is 0 Å². The lowest BCUT2D eigenvalue weighted by atomic mass is 10.1. The van der Waals surface area contributed by atoms with E-state index in [1.165, 1.54) is 0 Å². The van der Waals surface area contributed by atoms with E-state index in [-0.39, 0.29) is 18.3 Å². The van der Waals surface area contributed by atoms with Gasteiger partial charge in [0.15, 0.2) is 11.5 Å². The first kappa shape index (κ1) is 22.7. The van der Waals surface area contributed by atoms with Crippen LogP contribution in [0.25, 0.3) is 0 Å². The second kappa shape index (κ2) is 11.4. The van der Waals surface area contributed by atoms with Crippen molar-refractivity contribution in [3.05, 3.63) is 33.6 Å². The van der Waals surface area contributed by atoms with Gasteiger partial charge in [0.05, 0.1) is 24.7 Å². The van der Waals surface area contributed by atoms with Crippen LogP contribution in [0.5, 0.6) is 5.75 Å². The molecule has 0 aliphatic carbocycles. The number of morpholine rings is 1. The summed E-state index contributed by atoms with van der Waals surface area (Å²) in [7, 11) is 0. The lowest BCUT2D eigenvalue weighted by Gasteiger charge is -2.26. The summed E-state index contributed by atoms with van der Waals surface area (Å²) in [6, 6.07) is 2.15. The number of amides is 1. The molecule has 1 heterocycles. The van der Waals surface area contributed by atoms with Crippen LogP contribution < -0.4 is 10.2 Å². The van der Waals surface area contributed by atoms with Crippen LogP contribution in [-0.4, -0.2) is 54.5 Å². The average molecular weight is 411 g/mol. The number of nitro benzene ring substituents is 1. The van der Waals surface area contributed by atoms with Crippen LogP contribution in [0.1, 0.15) is 49.4 Å². The minimum Gasteiger partial charge on any atom is -0.487 e.